The molecule has 0 atom stereocenters. The second-order valence-corrected chi connectivity index (χ2v) is 4.79. The lowest BCUT2D eigenvalue weighted by Gasteiger charge is -2.11. The number of ether oxygens (including phenoxy) is 1. The lowest BCUT2D eigenvalue weighted by atomic mass is 10.1. The second kappa shape index (κ2) is 6.18. The molecule has 2 rings (SSSR count). The van der Waals surface area contributed by atoms with Crippen molar-refractivity contribution in [3.8, 4) is 5.75 Å². The van der Waals surface area contributed by atoms with Crippen LogP contribution in [-0.2, 0) is 19.3 Å². The van der Waals surface area contributed by atoms with E-state index in [1.807, 2.05) is 25.1 Å². The van der Waals surface area contributed by atoms with E-state index in [1.54, 1.807) is 0 Å². The van der Waals surface area contributed by atoms with Gasteiger partial charge in [-0.3, -0.25) is 0 Å². The van der Waals surface area contributed by atoms with Gasteiger partial charge in [0.05, 0.1) is 5.56 Å². The Kier molecular flexibility index (Phi) is 4.53. The average Bonchev–Trinajstić information content (AvgIpc) is 2.46. The van der Waals surface area contributed by atoms with Crippen molar-refractivity contribution in [3.63, 3.8) is 0 Å². The lowest BCUT2D eigenvalue weighted by molar-refractivity contribution is -0.137. The maximum Gasteiger partial charge on any atom is 0.416 e. The molecule has 0 aliphatic carbocycles. The van der Waals surface area contributed by atoms with Gasteiger partial charge in [0.25, 0.3) is 0 Å². The second-order valence-electron chi connectivity index (χ2n) is 4.79. The number of alkyl halides is 3. The molecule has 2 N–H and O–H groups in total. The number of benzene rings is 2. The van der Waals surface area contributed by atoms with E-state index in [4.69, 9.17) is 10.5 Å². The van der Waals surface area contributed by atoms with Gasteiger partial charge in [0.1, 0.15) is 12.4 Å². The van der Waals surface area contributed by atoms with Gasteiger partial charge in [-0.05, 0) is 41.8 Å². The Morgan fingerprint density at radius 1 is 1.00 bits per heavy atom. The quantitative estimate of drug-likeness (QED) is 0.923. The van der Waals surface area contributed by atoms with E-state index >= 15 is 0 Å². The third-order valence-electron chi connectivity index (χ3n) is 3.16. The number of hydrogen-bond donors (Lipinski definition) is 1. The zero-order chi connectivity index (χ0) is 15.5. The van der Waals surface area contributed by atoms with Crippen molar-refractivity contribution in [1.29, 1.82) is 0 Å². The van der Waals surface area contributed by atoms with E-state index in [9.17, 15) is 13.2 Å². The molecular formula is C16H16F3NO. The molecule has 2 nitrogen and oxygen atoms in total. The van der Waals surface area contributed by atoms with E-state index in [2.05, 4.69) is 0 Å². The van der Waals surface area contributed by atoms with Crippen LogP contribution >= 0.6 is 0 Å². The summed E-state index contributed by atoms with van der Waals surface area (Å²) in [5.41, 5.74) is 7.50. The lowest BCUT2D eigenvalue weighted by Crippen LogP contribution is -2.05. The molecule has 0 bridgehead atoms. The molecule has 0 aliphatic rings. The minimum absolute atomic E-state index is 0.215. The van der Waals surface area contributed by atoms with Gasteiger partial charge in [0.2, 0.25) is 0 Å². The molecule has 0 fully saturated rings. The summed E-state index contributed by atoms with van der Waals surface area (Å²) in [5.74, 6) is 0.692. The summed E-state index contributed by atoms with van der Waals surface area (Å²) in [6.07, 6.45) is -4.31. The SMILES string of the molecule is Cc1ccc(CN)cc1OCc1ccc(C(F)(F)F)cc1. The molecule has 5 heteroatoms. The highest BCUT2D eigenvalue weighted by atomic mass is 19.4. The van der Waals surface area contributed by atoms with Gasteiger partial charge in [-0.25, -0.2) is 0 Å². The maximum absolute atomic E-state index is 12.5. The van der Waals surface area contributed by atoms with E-state index < -0.39 is 11.7 Å². The van der Waals surface area contributed by atoms with Crippen LogP contribution in [0.2, 0.25) is 0 Å². The Balaban J connectivity index is 2.06. The van der Waals surface area contributed by atoms with Crippen LogP contribution in [-0.4, -0.2) is 0 Å². The van der Waals surface area contributed by atoms with Crippen LogP contribution in [0.1, 0.15) is 22.3 Å². The largest absolute Gasteiger partial charge is 0.489 e. The molecule has 0 saturated heterocycles. The standard InChI is InChI=1S/C16H16F3NO/c1-11-2-3-13(9-20)8-15(11)21-10-12-4-6-14(7-5-12)16(17,18)19/h2-8H,9-10,20H2,1H3. The first kappa shape index (κ1) is 15.4. The molecule has 0 heterocycles. The summed E-state index contributed by atoms with van der Waals surface area (Å²) in [6, 6.07) is 10.6. The minimum Gasteiger partial charge on any atom is -0.489 e. The van der Waals surface area contributed by atoms with Crippen LogP contribution in [0.4, 0.5) is 13.2 Å². The summed E-state index contributed by atoms with van der Waals surface area (Å²) in [6.45, 7) is 2.53. The molecular weight excluding hydrogens is 279 g/mol. The van der Waals surface area contributed by atoms with E-state index in [0.717, 1.165) is 23.3 Å². The molecule has 0 radical (unpaired) electrons. The van der Waals surface area contributed by atoms with E-state index in [-0.39, 0.29) is 6.61 Å². The fourth-order valence-electron chi connectivity index (χ4n) is 1.88. The highest BCUT2D eigenvalue weighted by molar-refractivity contribution is 5.37. The Hall–Kier alpha value is -2.01. The van der Waals surface area contributed by atoms with Crippen LogP contribution < -0.4 is 10.5 Å². The van der Waals surface area contributed by atoms with Crippen LogP contribution in [0.15, 0.2) is 42.5 Å². The van der Waals surface area contributed by atoms with Crippen molar-refractivity contribution < 1.29 is 17.9 Å². The number of nitrogens with two attached hydrogens (primary N) is 1. The fourth-order valence-corrected chi connectivity index (χ4v) is 1.88. The summed E-state index contributed by atoms with van der Waals surface area (Å²) in [5, 5.41) is 0. The normalized spacial score (nSPS) is 11.5. The molecule has 0 aromatic heterocycles. The van der Waals surface area contributed by atoms with Crippen molar-refractivity contribution >= 4 is 0 Å². The number of rotatable bonds is 4. The van der Waals surface area contributed by atoms with Gasteiger partial charge in [-0.1, -0.05) is 24.3 Å². The maximum atomic E-state index is 12.5. The van der Waals surface area contributed by atoms with Crippen LogP contribution in [0.25, 0.3) is 0 Å². The Morgan fingerprint density at radius 2 is 1.62 bits per heavy atom. The van der Waals surface area contributed by atoms with Crippen LogP contribution in [0, 0.1) is 6.92 Å². The van der Waals surface area contributed by atoms with Gasteiger partial charge in [0, 0.05) is 6.54 Å². The van der Waals surface area contributed by atoms with Crippen molar-refractivity contribution in [3.05, 3.63) is 64.7 Å². The monoisotopic (exact) mass is 295 g/mol. The van der Waals surface area contributed by atoms with Crippen molar-refractivity contribution in [1.82, 2.24) is 0 Å². The molecule has 0 unspecified atom stereocenters. The molecule has 0 saturated carbocycles. The van der Waals surface area contributed by atoms with Gasteiger partial charge in [0.15, 0.2) is 0 Å². The van der Waals surface area contributed by atoms with Gasteiger partial charge in [-0.15, -0.1) is 0 Å². The van der Waals surface area contributed by atoms with Crippen LogP contribution in [0.5, 0.6) is 5.75 Å². The Labute approximate surface area is 121 Å². The summed E-state index contributed by atoms with van der Waals surface area (Å²) in [7, 11) is 0. The molecule has 0 aliphatic heterocycles. The first-order valence-corrected chi connectivity index (χ1v) is 6.48. The van der Waals surface area contributed by atoms with Crippen molar-refractivity contribution in [2.75, 3.05) is 0 Å². The first-order chi connectivity index (χ1) is 9.90. The predicted molar refractivity (Wildman–Crippen MR) is 74.8 cm³/mol. The molecule has 2 aromatic carbocycles. The van der Waals surface area contributed by atoms with E-state index in [1.165, 1.54) is 12.1 Å². The Morgan fingerprint density at radius 3 is 2.19 bits per heavy atom. The van der Waals surface area contributed by atoms with Gasteiger partial charge < -0.3 is 10.5 Å². The highest BCUT2D eigenvalue weighted by Gasteiger charge is 2.29. The van der Waals surface area contributed by atoms with Crippen molar-refractivity contribution in [2.24, 2.45) is 5.73 Å². The molecule has 0 amide bonds. The van der Waals surface area contributed by atoms with Crippen molar-refractivity contribution in [2.45, 2.75) is 26.3 Å². The number of hydrogen-bond acceptors (Lipinski definition) is 2. The van der Waals surface area contributed by atoms with Gasteiger partial charge in [-0.2, -0.15) is 13.2 Å². The summed E-state index contributed by atoms with van der Waals surface area (Å²) < 4.78 is 43.0. The number of halogens is 3. The fraction of sp³-hybridized carbons (Fsp3) is 0.250. The first-order valence-electron chi connectivity index (χ1n) is 6.48. The average molecular weight is 295 g/mol. The van der Waals surface area contributed by atoms with Crippen LogP contribution in [0.3, 0.4) is 0 Å². The molecule has 112 valence electrons. The third kappa shape index (κ3) is 3.98. The smallest absolute Gasteiger partial charge is 0.416 e. The molecule has 0 spiro atoms. The van der Waals surface area contributed by atoms with E-state index in [0.29, 0.717) is 17.9 Å². The molecule has 2 aromatic rings. The topological polar surface area (TPSA) is 35.2 Å². The Bertz CT molecular complexity index is 606. The summed E-state index contributed by atoms with van der Waals surface area (Å²) >= 11 is 0. The van der Waals surface area contributed by atoms with Gasteiger partial charge >= 0.3 is 6.18 Å². The zero-order valence-corrected chi connectivity index (χ0v) is 11.6. The number of aryl methyl sites for hydroxylation is 1. The third-order valence-corrected chi connectivity index (χ3v) is 3.16. The zero-order valence-electron chi connectivity index (χ0n) is 11.6. The minimum atomic E-state index is -4.31. The summed E-state index contributed by atoms with van der Waals surface area (Å²) in [4.78, 5) is 0. The molecule has 21 heavy (non-hydrogen) atoms. The predicted octanol–water partition coefficient (Wildman–Crippen LogP) is 4.05. The highest BCUT2D eigenvalue weighted by Crippen LogP contribution is 2.29.